The molecule has 0 saturated carbocycles. The number of carboxylic acids is 1. The quantitative estimate of drug-likeness (QED) is 0.244. The maximum absolute atomic E-state index is 11.9. The average molecular weight is 418 g/mol. The fraction of sp³-hybridized carbons (Fsp3) is 0.667. The van der Waals surface area contributed by atoms with Crippen LogP contribution < -0.4 is 0 Å². The first-order chi connectivity index (χ1) is 13.7. The second-order valence-corrected chi connectivity index (χ2v) is 6.53. The van der Waals surface area contributed by atoms with Crippen LogP contribution in [-0.2, 0) is 28.5 Å². The van der Waals surface area contributed by atoms with Gasteiger partial charge >= 0.3 is 11.9 Å². The summed E-state index contributed by atoms with van der Waals surface area (Å²) in [5, 5.41) is 48.6. The molecule has 0 aliphatic carbocycles. The zero-order valence-electron chi connectivity index (χ0n) is 16.0. The van der Waals surface area contributed by atoms with E-state index in [1.807, 2.05) is 0 Å². The smallest absolute Gasteiger partial charge is 0.335 e. The molecule has 0 amide bonds. The third kappa shape index (κ3) is 5.13. The molecule has 164 valence electrons. The van der Waals surface area contributed by atoms with Crippen LogP contribution in [0.1, 0.15) is 20.3 Å². The highest BCUT2D eigenvalue weighted by atomic mass is 16.8. The molecule has 0 unspecified atom stereocenters. The Morgan fingerprint density at radius 2 is 1.90 bits per heavy atom. The molecule has 0 aromatic heterocycles. The van der Waals surface area contributed by atoms with Crippen LogP contribution in [0.2, 0.25) is 0 Å². The van der Waals surface area contributed by atoms with E-state index in [1.165, 1.54) is 6.08 Å². The molecule has 0 spiro atoms. The molecule has 7 atom stereocenters. The minimum atomic E-state index is -1.66. The highest BCUT2D eigenvalue weighted by Gasteiger charge is 2.46. The lowest BCUT2D eigenvalue weighted by Gasteiger charge is -2.41. The van der Waals surface area contributed by atoms with Crippen molar-refractivity contribution < 1.29 is 54.1 Å². The van der Waals surface area contributed by atoms with Crippen molar-refractivity contribution >= 4 is 11.9 Å². The van der Waals surface area contributed by atoms with Crippen LogP contribution in [0.25, 0.3) is 0 Å². The van der Waals surface area contributed by atoms with Gasteiger partial charge in [-0.05, 0) is 13.8 Å². The minimum Gasteiger partial charge on any atom is -0.478 e. The maximum Gasteiger partial charge on any atom is 0.335 e. The van der Waals surface area contributed by atoms with Crippen LogP contribution in [0.5, 0.6) is 0 Å². The van der Waals surface area contributed by atoms with Gasteiger partial charge in [0.05, 0.1) is 31.5 Å². The first-order valence-corrected chi connectivity index (χ1v) is 9.11. The predicted octanol–water partition coefficient (Wildman–Crippen LogP) is -1.36. The second-order valence-electron chi connectivity index (χ2n) is 6.53. The van der Waals surface area contributed by atoms with E-state index in [0.29, 0.717) is 0 Å². The number of esters is 1. The van der Waals surface area contributed by atoms with E-state index < -0.39 is 61.5 Å². The molecule has 2 aliphatic heterocycles. The molecule has 29 heavy (non-hydrogen) atoms. The van der Waals surface area contributed by atoms with Gasteiger partial charge in [-0.25, -0.2) is 4.79 Å². The Morgan fingerprint density at radius 3 is 2.45 bits per heavy atom. The molecule has 0 aromatic carbocycles. The van der Waals surface area contributed by atoms with E-state index in [4.69, 9.17) is 18.9 Å². The summed E-state index contributed by atoms with van der Waals surface area (Å²) in [5.74, 6) is -2.82. The Labute approximate surface area is 166 Å². The number of aliphatic hydroxyl groups excluding tert-OH is 4. The number of ether oxygens (including phenoxy) is 4. The van der Waals surface area contributed by atoms with Crippen LogP contribution in [-0.4, -0.2) is 87.7 Å². The number of carboxylic acid groups (broad SMARTS) is 1. The number of aliphatic hydroxyl groups is 4. The molecular formula is C18H26O11. The van der Waals surface area contributed by atoms with Gasteiger partial charge in [-0.3, -0.25) is 4.79 Å². The molecule has 2 rings (SSSR count). The lowest BCUT2D eigenvalue weighted by molar-refractivity contribution is -0.327. The number of hydrogen-bond donors (Lipinski definition) is 5. The van der Waals surface area contributed by atoms with Crippen LogP contribution in [0.3, 0.4) is 0 Å². The van der Waals surface area contributed by atoms with Crippen molar-refractivity contribution in [3.05, 3.63) is 23.5 Å². The zero-order valence-corrected chi connectivity index (χ0v) is 16.0. The third-order valence-electron chi connectivity index (χ3n) is 4.73. The number of carbonyl (C=O) groups excluding carboxylic acids is 1. The normalized spacial score (nSPS) is 36.3. The van der Waals surface area contributed by atoms with Gasteiger partial charge < -0.3 is 44.5 Å². The third-order valence-corrected chi connectivity index (χ3v) is 4.73. The molecule has 11 nitrogen and oxygen atoms in total. The molecular weight excluding hydrogens is 392 g/mol. The van der Waals surface area contributed by atoms with Crippen molar-refractivity contribution in [1.82, 2.24) is 0 Å². The van der Waals surface area contributed by atoms with Crippen LogP contribution in [0.4, 0.5) is 0 Å². The lowest BCUT2D eigenvalue weighted by atomic mass is 9.86. The Balaban J connectivity index is 2.24. The van der Waals surface area contributed by atoms with Crippen LogP contribution in [0, 0.1) is 5.92 Å². The van der Waals surface area contributed by atoms with Gasteiger partial charge in [-0.15, -0.1) is 0 Å². The molecule has 1 saturated heterocycles. The van der Waals surface area contributed by atoms with E-state index in [1.54, 1.807) is 13.8 Å². The van der Waals surface area contributed by atoms with Crippen molar-refractivity contribution in [3.8, 4) is 0 Å². The first-order valence-electron chi connectivity index (χ1n) is 9.11. The highest BCUT2D eigenvalue weighted by molar-refractivity contribution is 5.89. The Bertz CT molecular complexity index is 656. The van der Waals surface area contributed by atoms with Crippen LogP contribution in [0.15, 0.2) is 23.5 Å². The van der Waals surface area contributed by atoms with E-state index in [-0.39, 0.29) is 24.2 Å². The largest absolute Gasteiger partial charge is 0.478 e. The number of hydrogen-bond acceptors (Lipinski definition) is 10. The molecule has 0 bridgehead atoms. The SMILES string of the molecule is C/C=C1/[C@H](O[C@@H]2O[C@H](CO)[C@@H](O)[C@H](O)[C@H]2O)OC=C(C(=O)O)[C@H]1CC(=O)OCC. The molecule has 2 heterocycles. The van der Waals surface area contributed by atoms with E-state index >= 15 is 0 Å². The minimum absolute atomic E-state index is 0.129. The second kappa shape index (κ2) is 10.1. The average Bonchev–Trinajstić information content (AvgIpc) is 2.68. The van der Waals surface area contributed by atoms with Crippen molar-refractivity contribution in [2.45, 2.75) is 57.3 Å². The van der Waals surface area contributed by atoms with Gasteiger partial charge in [0.25, 0.3) is 0 Å². The Hall–Kier alpha value is -2.02. The summed E-state index contributed by atoms with van der Waals surface area (Å²) in [6.07, 6.45) is -6.62. The summed E-state index contributed by atoms with van der Waals surface area (Å²) in [6.45, 7) is 2.70. The van der Waals surface area contributed by atoms with Crippen molar-refractivity contribution in [2.75, 3.05) is 13.2 Å². The summed E-state index contributed by atoms with van der Waals surface area (Å²) < 4.78 is 21.1. The van der Waals surface area contributed by atoms with Gasteiger partial charge in [0.15, 0.2) is 6.29 Å². The summed E-state index contributed by atoms with van der Waals surface area (Å²) in [7, 11) is 0. The standard InChI is InChI=1S/C18H26O11/c1-3-8-9(5-12(20)26-4-2)10(16(24)25)7-27-17(8)29-18-15(23)14(22)13(21)11(6-19)28-18/h3,7,9,11,13-15,17-19,21-23H,4-6H2,1-2H3,(H,24,25)/b8-3+/t9-,11+,13+,14-,15+,17-,18-/m0/s1. The number of aliphatic carboxylic acids is 1. The molecule has 5 N–H and O–H groups in total. The van der Waals surface area contributed by atoms with E-state index in [2.05, 4.69) is 0 Å². The molecule has 1 fully saturated rings. The molecule has 0 aromatic rings. The lowest BCUT2D eigenvalue weighted by Crippen LogP contribution is -2.60. The molecule has 11 heteroatoms. The van der Waals surface area contributed by atoms with Gasteiger partial charge in [-0.1, -0.05) is 6.08 Å². The fourth-order valence-corrected chi connectivity index (χ4v) is 3.20. The van der Waals surface area contributed by atoms with Gasteiger partial charge in [0.2, 0.25) is 6.29 Å². The highest BCUT2D eigenvalue weighted by Crippen LogP contribution is 2.35. The summed E-state index contributed by atoms with van der Waals surface area (Å²) in [4.78, 5) is 23.5. The topological polar surface area (TPSA) is 172 Å². The monoisotopic (exact) mass is 418 g/mol. The Kier molecular flexibility index (Phi) is 8.14. The molecule has 0 radical (unpaired) electrons. The number of carbonyl (C=O) groups is 2. The zero-order chi connectivity index (χ0) is 21.7. The summed E-state index contributed by atoms with van der Waals surface area (Å²) in [6, 6.07) is 0. The fourth-order valence-electron chi connectivity index (χ4n) is 3.20. The first kappa shape index (κ1) is 23.3. The van der Waals surface area contributed by atoms with Gasteiger partial charge in [0.1, 0.15) is 24.4 Å². The number of rotatable bonds is 7. The van der Waals surface area contributed by atoms with Crippen molar-refractivity contribution in [2.24, 2.45) is 5.92 Å². The van der Waals surface area contributed by atoms with Crippen molar-refractivity contribution in [1.29, 1.82) is 0 Å². The maximum atomic E-state index is 11.9. The summed E-state index contributed by atoms with van der Waals surface area (Å²) >= 11 is 0. The van der Waals surface area contributed by atoms with Gasteiger partial charge in [-0.2, -0.15) is 0 Å². The molecule has 2 aliphatic rings. The van der Waals surface area contributed by atoms with Crippen LogP contribution >= 0.6 is 0 Å². The van der Waals surface area contributed by atoms with E-state index in [9.17, 15) is 35.1 Å². The number of allylic oxidation sites excluding steroid dienone is 1. The predicted molar refractivity (Wildman–Crippen MR) is 93.9 cm³/mol. The van der Waals surface area contributed by atoms with E-state index in [0.717, 1.165) is 6.26 Å². The van der Waals surface area contributed by atoms with Gasteiger partial charge in [0, 0.05) is 11.5 Å². The summed E-state index contributed by atoms with van der Waals surface area (Å²) in [5.41, 5.74) is 0.0923. The Morgan fingerprint density at radius 1 is 1.21 bits per heavy atom. The van der Waals surface area contributed by atoms with Crippen molar-refractivity contribution in [3.63, 3.8) is 0 Å².